The third-order valence-electron chi connectivity index (χ3n) is 3.00. The van der Waals surface area contributed by atoms with Crippen molar-refractivity contribution in [3.8, 4) is 12.3 Å². The molecule has 0 spiro atoms. The van der Waals surface area contributed by atoms with Gasteiger partial charge in [0.25, 0.3) is 5.69 Å². The smallest absolute Gasteiger partial charge is 0.320 e. The van der Waals surface area contributed by atoms with E-state index in [1.165, 1.54) is 12.3 Å². The van der Waals surface area contributed by atoms with Crippen molar-refractivity contribution >= 4 is 22.6 Å². The number of hydrogen-bond acceptors (Lipinski definition) is 4. The van der Waals surface area contributed by atoms with Crippen molar-refractivity contribution in [1.82, 2.24) is 4.98 Å². The van der Waals surface area contributed by atoms with E-state index in [9.17, 15) is 14.9 Å². The average Bonchev–Trinajstić information content (AvgIpc) is 2.80. The van der Waals surface area contributed by atoms with Crippen LogP contribution in [0.15, 0.2) is 18.3 Å². The van der Waals surface area contributed by atoms with Crippen LogP contribution in [0.5, 0.6) is 0 Å². The highest BCUT2D eigenvalue weighted by Gasteiger charge is 2.23. The number of nitrogens with one attached hydrogen (secondary N) is 1. The molecule has 2 rings (SSSR count). The zero-order valence-corrected chi connectivity index (χ0v) is 10.3. The molecule has 102 valence electrons. The number of aromatic amines is 1. The maximum Gasteiger partial charge on any atom is 0.320 e. The van der Waals surface area contributed by atoms with Crippen molar-refractivity contribution in [3.63, 3.8) is 0 Å². The monoisotopic (exact) mass is 273 g/mol. The summed E-state index contributed by atoms with van der Waals surface area (Å²) in [5.41, 5.74) is 6.38. The van der Waals surface area contributed by atoms with Crippen LogP contribution in [0.2, 0.25) is 0 Å². The Balaban J connectivity index is 2.66. The molecular formula is C13H11N3O4. The molecule has 0 saturated heterocycles. The van der Waals surface area contributed by atoms with Gasteiger partial charge in [-0.2, -0.15) is 0 Å². The topological polar surface area (TPSA) is 122 Å². The molecule has 2 aromatic rings. The van der Waals surface area contributed by atoms with Gasteiger partial charge in [-0.15, -0.1) is 6.42 Å². The fourth-order valence-corrected chi connectivity index (χ4v) is 2.06. The van der Waals surface area contributed by atoms with Gasteiger partial charge < -0.3 is 15.8 Å². The molecule has 0 fully saturated rings. The standard InChI is InChI=1S/C13H11N3O4/c1-2-7-3-4-10-11(12(7)16(19)20)8(6-15-10)5-9(14)13(17)18/h1,3-4,6,9,15H,5,14H2,(H,17,18)/t9-/m0/s1. The third-order valence-corrected chi connectivity index (χ3v) is 3.00. The number of H-pyrrole nitrogens is 1. The highest BCUT2D eigenvalue weighted by Crippen LogP contribution is 2.32. The maximum absolute atomic E-state index is 11.2. The molecule has 1 heterocycles. The van der Waals surface area contributed by atoms with Gasteiger partial charge >= 0.3 is 5.97 Å². The zero-order valence-electron chi connectivity index (χ0n) is 10.3. The second kappa shape index (κ2) is 5.03. The fourth-order valence-electron chi connectivity index (χ4n) is 2.06. The van der Waals surface area contributed by atoms with Crippen molar-refractivity contribution in [1.29, 1.82) is 0 Å². The quantitative estimate of drug-likeness (QED) is 0.436. The van der Waals surface area contributed by atoms with Gasteiger partial charge in [0, 0.05) is 12.6 Å². The van der Waals surface area contributed by atoms with E-state index < -0.39 is 16.9 Å². The van der Waals surface area contributed by atoms with Gasteiger partial charge in [-0.05, 0) is 17.7 Å². The number of aromatic nitrogens is 1. The highest BCUT2D eigenvalue weighted by molar-refractivity contribution is 5.95. The summed E-state index contributed by atoms with van der Waals surface area (Å²) in [6.07, 6.45) is 6.76. The molecule has 20 heavy (non-hydrogen) atoms. The molecule has 1 aromatic heterocycles. The Morgan fingerprint density at radius 1 is 1.60 bits per heavy atom. The molecule has 1 atom stereocenters. The van der Waals surface area contributed by atoms with Crippen molar-refractivity contribution in [3.05, 3.63) is 39.6 Å². The van der Waals surface area contributed by atoms with Crippen LogP contribution in [0.25, 0.3) is 10.9 Å². The minimum Gasteiger partial charge on any atom is -0.480 e. The molecule has 0 saturated carbocycles. The Morgan fingerprint density at radius 2 is 2.30 bits per heavy atom. The summed E-state index contributed by atoms with van der Waals surface area (Å²) in [6.45, 7) is 0. The minimum absolute atomic E-state index is 0.0236. The van der Waals surface area contributed by atoms with Gasteiger partial charge in [0.1, 0.15) is 11.6 Å². The Labute approximate surface area is 113 Å². The molecule has 0 amide bonds. The van der Waals surface area contributed by atoms with E-state index in [1.54, 1.807) is 6.07 Å². The first-order valence-corrected chi connectivity index (χ1v) is 5.68. The lowest BCUT2D eigenvalue weighted by atomic mass is 10.0. The highest BCUT2D eigenvalue weighted by atomic mass is 16.6. The third kappa shape index (κ3) is 2.20. The normalized spacial score (nSPS) is 12.0. The lowest BCUT2D eigenvalue weighted by molar-refractivity contribution is -0.383. The predicted octanol–water partition coefficient (Wildman–Crippen LogP) is 1.01. The lowest BCUT2D eigenvalue weighted by Gasteiger charge is -2.05. The van der Waals surface area contributed by atoms with E-state index >= 15 is 0 Å². The molecule has 0 aliphatic carbocycles. The number of aliphatic carboxylic acids is 1. The number of rotatable bonds is 4. The van der Waals surface area contributed by atoms with E-state index in [-0.39, 0.29) is 17.7 Å². The lowest BCUT2D eigenvalue weighted by Crippen LogP contribution is -2.32. The molecule has 7 heteroatoms. The van der Waals surface area contributed by atoms with Crippen molar-refractivity contribution in [2.75, 3.05) is 0 Å². The van der Waals surface area contributed by atoms with Crippen LogP contribution >= 0.6 is 0 Å². The number of nitro groups is 1. The summed E-state index contributed by atoms with van der Waals surface area (Å²) < 4.78 is 0. The summed E-state index contributed by atoms with van der Waals surface area (Å²) in [7, 11) is 0. The van der Waals surface area contributed by atoms with Crippen LogP contribution < -0.4 is 5.73 Å². The number of carboxylic acid groups (broad SMARTS) is 1. The molecule has 7 nitrogen and oxygen atoms in total. The average molecular weight is 273 g/mol. The van der Waals surface area contributed by atoms with E-state index in [2.05, 4.69) is 10.9 Å². The van der Waals surface area contributed by atoms with E-state index in [4.69, 9.17) is 17.3 Å². The first-order chi connectivity index (χ1) is 9.45. The Bertz CT molecular complexity index is 742. The van der Waals surface area contributed by atoms with Crippen molar-refractivity contribution in [2.45, 2.75) is 12.5 Å². The molecule has 1 aromatic carbocycles. The number of benzene rings is 1. The summed E-state index contributed by atoms with van der Waals surface area (Å²) in [4.78, 5) is 24.3. The minimum atomic E-state index is -1.17. The summed E-state index contributed by atoms with van der Waals surface area (Å²) >= 11 is 0. The SMILES string of the molecule is C#Cc1ccc2[nH]cc(C[C@H](N)C(=O)O)c2c1[N+](=O)[O-]. The fraction of sp³-hybridized carbons (Fsp3) is 0.154. The number of nitrogens with zero attached hydrogens (tertiary/aromatic N) is 1. The zero-order chi connectivity index (χ0) is 14.9. The van der Waals surface area contributed by atoms with Gasteiger partial charge in [-0.3, -0.25) is 14.9 Å². The first-order valence-electron chi connectivity index (χ1n) is 5.68. The summed E-state index contributed by atoms with van der Waals surface area (Å²) in [5.74, 6) is 1.09. The van der Waals surface area contributed by atoms with Crippen LogP contribution in [0.3, 0.4) is 0 Å². The molecule has 0 bridgehead atoms. The number of nitrogens with two attached hydrogens (primary N) is 1. The largest absolute Gasteiger partial charge is 0.480 e. The number of hydrogen-bond donors (Lipinski definition) is 3. The number of carbonyl (C=O) groups is 1. The number of terminal acetylenes is 1. The number of carboxylic acids is 1. The summed E-state index contributed by atoms with van der Waals surface area (Å²) in [6, 6.07) is 1.95. The van der Waals surface area contributed by atoms with Crippen molar-refractivity contribution in [2.24, 2.45) is 5.73 Å². The van der Waals surface area contributed by atoms with Gasteiger partial charge in [-0.25, -0.2) is 0 Å². The van der Waals surface area contributed by atoms with E-state index in [0.29, 0.717) is 16.5 Å². The number of nitro benzene ring substituents is 1. The molecule has 0 aliphatic heterocycles. The predicted molar refractivity (Wildman–Crippen MR) is 72.2 cm³/mol. The molecule has 0 unspecified atom stereocenters. The van der Waals surface area contributed by atoms with Crippen LogP contribution in [-0.4, -0.2) is 27.0 Å². The second-order valence-corrected chi connectivity index (χ2v) is 4.25. The van der Waals surface area contributed by atoms with E-state index in [0.717, 1.165) is 0 Å². The summed E-state index contributed by atoms with van der Waals surface area (Å²) in [5, 5.41) is 20.4. The van der Waals surface area contributed by atoms with Gasteiger partial charge in [0.05, 0.1) is 15.8 Å². The Morgan fingerprint density at radius 3 is 2.85 bits per heavy atom. The molecule has 0 radical (unpaired) electrons. The number of fused-ring (bicyclic) bond motifs is 1. The Kier molecular flexibility index (Phi) is 3.41. The van der Waals surface area contributed by atoms with Gasteiger partial charge in [-0.1, -0.05) is 5.92 Å². The Hall–Kier alpha value is -2.85. The van der Waals surface area contributed by atoms with Crippen LogP contribution in [-0.2, 0) is 11.2 Å². The van der Waals surface area contributed by atoms with Crippen molar-refractivity contribution < 1.29 is 14.8 Å². The van der Waals surface area contributed by atoms with E-state index in [1.807, 2.05) is 0 Å². The second-order valence-electron chi connectivity index (χ2n) is 4.25. The maximum atomic E-state index is 11.2. The molecule has 4 N–H and O–H groups in total. The van der Waals surface area contributed by atoms with Gasteiger partial charge in [0.2, 0.25) is 0 Å². The van der Waals surface area contributed by atoms with Crippen LogP contribution in [0, 0.1) is 22.5 Å². The van der Waals surface area contributed by atoms with Crippen LogP contribution in [0.1, 0.15) is 11.1 Å². The first kappa shape index (κ1) is 13.6. The van der Waals surface area contributed by atoms with Gasteiger partial charge in [0.15, 0.2) is 0 Å². The van der Waals surface area contributed by atoms with Crippen LogP contribution in [0.4, 0.5) is 5.69 Å². The molecular weight excluding hydrogens is 262 g/mol. The molecule has 0 aliphatic rings.